The second-order valence-electron chi connectivity index (χ2n) is 4.25. The molecule has 0 amide bonds. The fourth-order valence-electron chi connectivity index (χ4n) is 1.82. The van der Waals surface area contributed by atoms with E-state index in [0.717, 1.165) is 32.1 Å². The summed E-state index contributed by atoms with van der Waals surface area (Å²) in [6.07, 6.45) is 6.83. The molecule has 0 radical (unpaired) electrons. The Morgan fingerprint density at radius 1 is 1.00 bits per heavy atom. The average molecular weight is 256 g/mol. The van der Waals surface area contributed by atoms with Gasteiger partial charge in [0.1, 0.15) is 5.57 Å². The van der Waals surface area contributed by atoms with E-state index < -0.39 is 11.9 Å². The van der Waals surface area contributed by atoms with Crippen molar-refractivity contribution in [2.24, 2.45) is 5.92 Å². The van der Waals surface area contributed by atoms with E-state index in [-0.39, 0.29) is 11.5 Å². The zero-order valence-electron chi connectivity index (χ0n) is 11.8. The van der Waals surface area contributed by atoms with E-state index in [1.807, 2.05) is 0 Å². The van der Waals surface area contributed by atoms with Crippen LogP contribution in [-0.4, -0.2) is 26.2 Å². The van der Waals surface area contributed by atoms with Gasteiger partial charge >= 0.3 is 11.9 Å². The van der Waals surface area contributed by atoms with Gasteiger partial charge in [0.05, 0.1) is 14.2 Å². The second-order valence-corrected chi connectivity index (χ2v) is 4.25. The van der Waals surface area contributed by atoms with Crippen LogP contribution < -0.4 is 0 Å². The van der Waals surface area contributed by atoms with E-state index in [2.05, 4.69) is 23.3 Å². The first-order chi connectivity index (χ1) is 8.60. The van der Waals surface area contributed by atoms with Crippen molar-refractivity contribution in [3.63, 3.8) is 0 Å². The maximum absolute atomic E-state index is 11.5. The fraction of sp³-hybridized carbons (Fsp3) is 0.714. The van der Waals surface area contributed by atoms with Gasteiger partial charge in [0.25, 0.3) is 0 Å². The first kappa shape index (κ1) is 16.7. The number of esters is 2. The quantitative estimate of drug-likeness (QED) is 0.290. The van der Waals surface area contributed by atoms with Crippen molar-refractivity contribution in [2.75, 3.05) is 14.2 Å². The fourth-order valence-corrected chi connectivity index (χ4v) is 1.82. The molecule has 0 heterocycles. The Hall–Kier alpha value is -1.32. The van der Waals surface area contributed by atoms with Crippen LogP contribution in [-0.2, 0) is 19.1 Å². The number of ether oxygens (including phenoxy) is 2. The molecule has 0 spiro atoms. The summed E-state index contributed by atoms with van der Waals surface area (Å²) >= 11 is 0. The molecule has 0 N–H and O–H groups in total. The molecular weight excluding hydrogens is 232 g/mol. The molecule has 0 aliphatic rings. The number of hydrogen-bond acceptors (Lipinski definition) is 4. The molecule has 0 aromatic heterocycles. The average Bonchev–Trinajstić information content (AvgIpc) is 2.40. The highest BCUT2D eigenvalue weighted by Gasteiger charge is 2.21. The molecule has 0 saturated carbocycles. The van der Waals surface area contributed by atoms with Crippen molar-refractivity contribution in [2.45, 2.75) is 46.0 Å². The van der Waals surface area contributed by atoms with Crippen LogP contribution in [0.25, 0.3) is 0 Å². The molecule has 0 bridgehead atoms. The van der Waals surface area contributed by atoms with Crippen LogP contribution in [0.3, 0.4) is 0 Å². The summed E-state index contributed by atoms with van der Waals surface area (Å²) in [4.78, 5) is 23.1. The first-order valence-electron chi connectivity index (χ1n) is 6.49. The van der Waals surface area contributed by atoms with Crippen LogP contribution in [0.5, 0.6) is 0 Å². The van der Waals surface area contributed by atoms with Gasteiger partial charge in [0.2, 0.25) is 0 Å². The smallest absolute Gasteiger partial charge is 0.344 e. The van der Waals surface area contributed by atoms with Crippen LogP contribution in [0.1, 0.15) is 46.0 Å². The molecule has 104 valence electrons. The lowest BCUT2D eigenvalue weighted by Gasteiger charge is -2.12. The number of carbonyl (C=O) groups is 2. The van der Waals surface area contributed by atoms with Crippen LogP contribution >= 0.6 is 0 Å². The topological polar surface area (TPSA) is 52.6 Å². The van der Waals surface area contributed by atoms with Gasteiger partial charge in [-0.3, -0.25) is 0 Å². The zero-order chi connectivity index (χ0) is 14.0. The van der Waals surface area contributed by atoms with Crippen LogP contribution in [0, 0.1) is 5.92 Å². The lowest BCUT2D eigenvalue weighted by atomic mass is 9.94. The normalized spacial score (nSPS) is 11.6. The summed E-state index contributed by atoms with van der Waals surface area (Å²) in [5.74, 6) is -1.03. The number of carbonyl (C=O) groups excluding carboxylic acids is 2. The molecular formula is C14H24O4. The Balaban J connectivity index is 4.94. The molecule has 0 saturated heterocycles. The summed E-state index contributed by atoms with van der Waals surface area (Å²) in [5.41, 5.74) is 0.00885. The van der Waals surface area contributed by atoms with Crippen molar-refractivity contribution >= 4 is 11.9 Å². The van der Waals surface area contributed by atoms with Crippen molar-refractivity contribution in [3.05, 3.63) is 11.6 Å². The van der Waals surface area contributed by atoms with Crippen molar-refractivity contribution < 1.29 is 19.1 Å². The molecule has 18 heavy (non-hydrogen) atoms. The van der Waals surface area contributed by atoms with E-state index in [1.54, 1.807) is 6.08 Å². The molecule has 4 nitrogen and oxygen atoms in total. The van der Waals surface area contributed by atoms with Gasteiger partial charge in [-0.2, -0.15) is 0 Å². The number of methoxy groups -OCH3 is 2. The molecule has 0 aromatic carbocycles. The van der Waals surface area contributed by atoms with Gasteiger partial charge < -0.3 is 9.47 Å². The highest BCUT2D eigenvalue weighted by Crippen LogP contribution is 2.19. The Morgan fingerprint density at radius 3 is 1.94 bits per heavy atom. The van der Waals surface area contributed by atoms with Crippen LogP contribution in [0.4, 0.5) is 0 Å². The minimum Gasteiger partial charge on any atom is -0.465 e. The molecule has 0 rings (SSSR count). The summed E-state index contributed by atoms with van der Waals surface area (Å²) in [6.45, 7) is 4.21. The molecule has 0 aliphatic carbocycles. The Morgan fingerprint density at radius 2 is 1.56 bits per heavy atom. The van der Waals surface area contributed by atoms with Crippen LogP contribution in [0.15, 0.2) is 11.6 Å². The van der Waals surface area contributed by atoms with E-state index in [4.69, 9.17) is 0 Å². The standard InChI is InChI=1S/C14H24O4/c1-5-7-9-11(8-6-2)10-12(13(15)17-3)14(16)18-4/h10-11H,5-9H2,1-4H3. The molecule has 4 heteroatoms. The maximum atomic E-state index is 11.5. The molecule has 0 aliphatic heterocycles. The molecule has 1 atom stereocenters. The largest absolute Gasteiger partial charge is 0.465 e. The van der Waals surface area contributed by atoms with Crippen molar-refractivity contribution in [1.29, 1.82) is 0 Å². The van der Waals surface area contributed by atoms with E-state index in [9.17, 15) is 9.59 Å². The number of unbranched alkanes of at least 4 members (excludes halogenated alkanes) is 1. The molecule has 0 fully saturated rings. The van der Waals surface area contributed by atoms with Gasteiger partial charge in [-0.15, -0.1) is 0 Å². The summed E-state index contributed by atoms with van der Waals surface area (Å²) < 4.78 is 9.22. The maximum Gasteiger partial charge on any atom is 0.344 e. The van der Waals surface area contributed by atoms with Crippen molar-refractivity contribution in [1.82, 2.24) is 0 Å². The van der Waals surface area contributed by atoms with Gasteiger partial charge in [0, 0.05) is 0 Å². The Labute approximate surface area is 109 Å². The van der Waals surface area contributed by atoms with Crippen LogP contribution in [0.2, 0.25) is 0 Å². The monoisotopic (exact) mass is 256 g/mol. The predicted molar refractivity (Wildman–Crippen MR) is 70.0 cm³/mol. The third-order valence-electron chi connectivity index (χ3n) is 2.80. The van der Waals surface area contributed by atoms with E-state index in [0.29, 0.717) is 0 Å². The third-order valence-corrected chi connectivity index (χ3v) is 2.80. The second kappa shape index (κ2) is 9.68. The van der Waals surface area contributed by atoms with Gasteiger partial charge in [-0.25, -0.2) is 9.59 Å². The van der Waals surface area contributed by atoms with E-state index in [1.165, 1.54) is 14.2 Å². The zero-order valence-corrected chi connectivity index (χ0v) is 11.8. The minimum absolute atomic E-state index is 0.00885. The lowest BCUT2D eigenvalue weighted by molar-refractivity contribution is -0.144. The predicted octanol–water partition coefficient (Wildman–Crippen LogP) is 2.87. The first-order valence-corrected chi connectivity index (χ1v) is 6.49. The van der Waals surface area contributed by atoms with E-state index >= 15 is 0 Å². The highest BCUT2D eigenvalue weighted by atomic mass is 16.5. The number of rotatable bonds is 8. The lowest BCUT2D eigenvalue weighted by Crippen LogP contribution is -2.17. The highest BCUT2D eigenvalue weighted by molar-refractivity contribution is 6.13. The Bertz CT molecular complexity index is 276. The summed E-state index contributed by atoms with van der Waals surface area (Å²) in [6, 6.07) is 0. The molecule has 1 unspecified atom stereocenters. The number of allylic oxidation sites excluding steroid dienone is 1. The molecule has 0 aromatic rings. The summed E-state index contributed by atoms with van der Waals surface area (Å²) in [5, 5.41) is 0. The minimum atomic E-state index is -0.626. The van der Waals surface area contributed by atoms with Crippen molar-refractivity contribution in [3.8, 4) is 0 Å². The van der Waals surface area contributed by atoms with Gasteiger partial charge in [-0.1, -0.05) is 39.2 Å². The van der Waals surface area contributed by atoms with Gasteiger partial charge in [-0.05, 0) is 18.8 Å². The third kappa shape index (κ3) is 5.84. The summed E-state index contributed by atoms with van der Waals surface area (Å²) in [7, 11) is 2.53. The SMILES string of the molecule is CCCCC(C=C(C(=O)OC)C(=O)OC)CCC. The Kier molecular flexibility index (Phi) is 8.97. The van der Waals surface area contributed by atoms with Gasteiger partial charge in [0.15, 0.2) is 0 Å². The number of hydrogen-bond donors (Lipinski definition) is 0.